The van der Waals surface area contributed by atoms with Gasteiger partial charge in [0.15, 0.2) is 5.82 Å². The highest BCUT2D eigenvalue weighted by Crippen LogP contribution is 2.33. The molecule has 0 saturated heterocycles. The summed E-state index contributed by atoms with van der Waals surface area (Å²) in [6, 6.07) is 0.490. The molecule has 0 aromatic carbocycles. The molecule has 0 aliphatic heterocycles. The summed E-state index contributed by atoms with van der Waals surface area (Å²) < 4.78 is 1.91. The van der Waals surface area contributed by atoms with Crippen molar-refractivity contribution in [1.82, 2.24) is 15.0 Å². The normalized spacial score (nSPS) is 26.7. The first-order chi connectivity index (χ1) is 7.29. The lowest BCUT2D eigenvalue weighted by molar-refractivity contribution is 0.251. The molecule has 0 unspecified atom stereocenters. The molecule has 0 spiro atoms. The first-order valence-corrected chi connectivity index (χ1v) is 5.67. The maximum atomic E-state index is 5.56. The van der Waals surface area contributed by atoms with Crippen LogP contribution in [0.5, 0.6) is 0 Å². The van der Waals surface area contributed by atoms with Crippen LogP contribution in [0, 0.1) is 5.92 Å². The average Bonchev–Trinajstić information content (AvgIpc) is 2.67. The first-order valence-electron chi connectivity index (χ1n) is 5.67. The number of hydrogen-bond acceptors (Lipinski definition) is 4. The molecule has 1 aromatic rings. The minimum absolute atomic E-state index is 0.490. The Balaban J connectivity index is 1.88. The molecule has 1 heterocycles. The van der Waals surface area contributed by atoms with Crippen molar-refractivity contribution >= 4 is 5.82 Å². The summed E-state index contributed by atoms with van der Waals surface area (Å²) in [5.41, 5.74) is 11.1. The molecule has 4 N–H and O–H groups in total. The summed E-state index contributed by atoms with van der Waals surface area (Å²) >= 11 is 0. The second kappa shape index (κ2) is 4.61. The van der Waals surface area contributed by atoms with E-state index >= 15 is 0 Å². The Labute approximate surface area is 89.8 Å². The van der Waals surface area contributed by atoms with Gasteiger partial charge in [-0.15, -0.1) is 5.10 Å². The Morgan fingerprint density at radius 2 is 2.07 bits per heavy atom. The topological polar surface area (TPSA) is 82.8 Å². The van der Waals surface area contributed by atoms with Gasteiger partial charge >= 0.3 is 0 Å². The van der Waals surface area contributed by atoms with Crippen molar-refractivity contribution in [3.8, 4) is 0 Å². The molecular weight excluding hydrogens is 190 g/mol. The van der Waals surface area contributed by atoms with Gasteiger partial charge in [-0.05, 0) is 44.6 Å². The Hall–Kier alpha value is -1.10. The summed E-state index contributed by atoms with van der Waals surface area (Å²) in [5.74, 6) is 1.33. The van der Waals surface area contributed by atoms with E-state index in [9.17, 15) is 0 Å². The van der Waals surface area contributed by atoms with Gasteiger partial charge in [0.2, 0.25) is 0 Å². The molecule has 0 amide bonds. The van der Waals surface area contributed by atoms with Gasteiger partial charge in [0.1, 0.15) is 0 Å². The van der Waals surface area contributed by atoms with Crippen LogP contribution in [0.3, 0.4) is 0 Å². The lowest BCUT2D eigenvalue weighted by Crippen LogP contribution is -2.20. The third kappa shape index (κ3) is 2.47. The fourth-order valence-corrected chi connectivity index (χ4v) is 2.40. The van der Waals surface area contributed by atoms with Gasteiger partial charge in [-0.3, -0.25) is 0 Å². The second-order valence-corrected chi connectivity index (χ2v) is 4.38. The van der Waals surface area contributed by atoms with Crippen LogP contribution in [0.1, 0.15) is 38.1 Å². The van der Waals surface area contributed by atoms with E-state index < -0.39 is 0 Å². The lowest BCUT2D eigenvalue weighted by atomic mass is 9.84. The molecule has 1 aliphatic carbocycles. The highest BCUT2D eigenvalue weighted by molar-refractivity contribution is 5.20. The van der Waals surface area contributed by atoms with E-state index in [0.717, 1.165) is 18.9 Å². The van der Waals surface area contributed by atoms with Crippen molar-refractivity contribution in [3.63, 3.8) is 0 Å². The van der Waals surface area contributed by atoms with Crippen LogP contribution < -0.4 is 11.5 Å². The molecular formula is C10H19N5. The zero-order chi connectivity index (χ0) is 10.7. The van der Waals surface area contributed by atoms with Crippen LogP contribution in [0.25, 0.3) is 0 Å². The number of aromatic nitrogens is 3. The molecule has 5 nitrogen and oxygen atoms in total. The van der Waals surface area contributed by atoms with Crippen LogP contribution in [-0.2, 0) is 0 Å². The quantitative estimate of drug-likeness (QED) is 0.776. The zero-order valence-electron chi connectivity index (χ0n) is 8.97. The fraction of sp³-hybridized carbons (Fsp3) is 0.800. The zero-order valence-corrected chi connectivity index (χ0v) is 8.97. The Bertz CT molecular complexity index is 301. The maximum absolute atomic E-state index is 5.56. The first kappa shape index (κ1) is 10.4. The lowest BCUT2D eigenvalue weighted by Gasteiger charge is -2.27. The minimum atomic E-state index is 0.490. The van der Waals surface area contributed by atoms with Crippen molar-refractivity contribution < 1.29 is 0 Å². The molecule has 2 rings (SSSR count). The van der Waals surface area contributed by atoms with Gasteiger partial charge in [-0.25, -0.2) is 4.68 Å². The summed E-state index contributed by atoms with van der Waals surface area (Å²) in [6.07, 6.45) is 7.84. The molecule has 1 saturated carbocycles. The summed E-state index contributed by atoms with van der Waals surface area (Å²) in [5, 5.41) is 7.85. The molecule has 15 heavy (non-hydrogen) atoms. The number of anilines is 1. The standard InChI is InChI=1S/C10H19N5/c11-6-5-8-1-3-9(4-2-8)15-7-10(12)13-14-15/h7-9H,1-6,11-12H2. The number of nitrogen functional groups attached to an aromatic ring is 1. The van der Waals surface area contributed by atoms with Crippen LogP contribution in [0.4, 0.5) is 5.82 Å². The van der Waals surface area contributed by atoms with E-state index in [1.807, 2.05) is 10.9 Å². The van der Waals surface area contributed by atoms with Gasteiger partial charge < -0.3 is 11.5 Å². The minimum Gasteiger partial charge on any atom is -0.381 e. The summed E-state index contributed by atoms with van der Waals surface area (Å²) in [7, 11) is 0. The van der Waals surface area contributed by atoms with Crippen molar-refractivity contribution in [2.75, 3.05) is 12.3 Å². The van der Waals surface area contributed by atoms with Gasteiger partial charge in [0, 0.05) is 0 Å². The number of nitrogens with two attached hydrogens (primary N) is 2. The summed E-state index contributed by atoms with van der Waals surface area (Å²) in [6.45, 7) is 0.811. The Morgan fingerprint density at radius 1 is 1.33 bits per heavy atom. The van der Waals surface area contributed by atoms with E-state index in [-0.39, 0.29) is 0 Å². The van der Waals surface area contributed by atoms with Gasteiger partial charge in [0.25, 0.3) is 0 Å². The van der Waals surface area contributed by atoms with Crippen LogP contribution in [0.2, 0.25) is 0 Å². The Morgan fingerprint density at radius 3 is 2.60 bits per heavy atom. The molecule has 0 radical (unpaired) electrons. The number of rotatable bonds is 3. The van der Waals surface area contributed by atoms with Crippen molar-refractivity contribution in [2.45, 2.75) is 38.1 Å². The molecule has 84 valence electrons. The van der Waals surface area contributed by atoms with E-state index in [4.69, 9.17) is 11.5 Å². The summed E-state index contributed by atoms with van der Waals surface area (Å²) in [4.78, 5) is 0. The molecule has 0 bridgehead atoms. The van der Waals surface area contributed by atoms with Crippen molar-refractivity contribution in [1.29, 1.82) is 0 Å². The van der Waals surface area contributed by atoms with Crippen LogP contribution >= 0.6 is 0 Å². The van der Waals surface area contributed by atoms with Gasteiger partial charge in [0.05, 0.1) is 12.2 Å². The molecule has 5 heteroatoms. The SMILES string of the molecule is NCCC1CCC(n2cc(N)nn2)CC1. The number of hydrogen-bond donors (Lipinski definition) is 2. The highest BCUT2D eigenvalue weighted by Gasteiger charge is 2.22. The molecule has 1 fully saturated rings. The molecule has 1 aromatic heterocycles. The molecule has 0 atom stereocenters. The average molecular weight is 209 g/mol. The predicted octanol–water partition coefficient (Wildman–Crippen LogP) is 0.940. The maximum Gasteiger partial charge on any atom is 0.165 e. The van der Waals surface area contributed by atoms with Crippen molar-refractivity contribution in [2.24, 2.45) is 11.7 Å². The van der Waals surface area contributed by atoms with E-state index in [2.05, 4.69) is 10.3 Å². The molecule has 1 aliphatic rings. The third-order valence-corrected chi connectivity index (χ3v) is 3.29. The largest absolute Gasteiger partial charge is 0.381 e. The predicted molar refractivity (Wildman–Crippen MR) is 59.1 cm³/mol. The van der Waals surface area contributed by atoms with Gasteiger partial charge in [-0.1, -0.05) is 5.21 Å². The van der Waals surface area contributed by atoms with Gasteiger partial charge in [-0.2, -0.15) is 0 Å². The van der Waals surface area contributed by atoms with E-state index in [1.165, 1.54) is 25.7 Å². The van der Waals surface area contributed by atoms with Crippen LogP contribution in [0.15, 0.2) is 6.20 Å². The monoisotopic (exact) mass is 209 g/mol. The highest BCUT2D eigenvalue weighted by atomic mass is 15.4. The smallest absolute Gasteiger partial charge is 0.165 e. The number of nitrogens with zero attached hydrogens (tertiary/aromatic N) is 3. The van der Waals surface area contributed by atoms with E-state index in [1.54, 1.807) is 0 Å². The second-order valence-electron chi connectivity index (χ2n) is 4.38. The van der Waals surface area contributed by atoms with Crippen LogP contribution in [-0.4, -0.2) is 21.5 Å². The van der Waals surface area contributed by atoms with E-state index in [0.29, 0.717) is 11.9 Å². The Kier molecular flexibility index (Phi) is 3.20. The third-order valence-electron chi connectivity index (χ3n) is 3.29. The van der Waals surface area contributed by atoms with Crippen molar-refractivity contribution in [3.05, 3.63) is 6.20 Å². The fourth-order valence-electron chi connectivity index (χ4n) is 2.40.